The minimum Gasteiger partial charge on any atom is -0.495 e. The van der Waals surface area contributed by atoms with Crippen LogP contribution in [-0.2, 0) is 9.53 Å². The molecule has 6 heteroatoms. The second-order valence-corrected chi connectivity index (χ2v) is 5.18. The number of nitrogens with one attached hydrogen (secondary N) is 1. The highest BCUT2D eigenvalue weighted by Gasteiger charge is 2.20. The molecular weight excluding hydrogens is 318 g/mol. The third-order valence-electron chi connectivity index (χ3n) is 3.08. The van der Waals surface area contributed by atoms with E-state index in [2.05, 4.69) is 5.32 Å². The lowest BCUT2D eigenvalue weighted by molar-refractivity contribution is -0.123. The molecule has 0 spiro atoms. The lowest BCUT2D eigenvalue weighted by Gasteiger charge is -2.15. The van der Waals surface area contributed by atoms with E-state index in [9.17, 15) is 9.59 Å². The van der Waals surface area contributed by atoms with Gasteiger partial charge in [0.05, 0.1) is 18.4 Å². The fourth-order valence-corrected chi connectivity index (χ4v) is 2.04. The van der Waals surface area contributed by atoms with Gasteiger partial charge in [0.2, 0.25) is 0 Å². The number of rotatable bonds is 5. The number of benzene rings is 2. The van der Waals surface area contributed by atoms with Crippen molar-refractivity contribution in [3.8, 4) is 5.75 Å². The fraction of sp³-hybridized carbons (Fsp3) is 0.176. The number of hydrogen-bond acceptors (Lipinski definition) is 4. The van der Waals surface area contributed by atoms with Crippen LogP contribution in [-0.4, -0.2) is 25.1 Å². The highest BCUT2D eigenvalue weighted by atomic mass is 35.5. The highest BCUT2D eigenvalue weighted by molar-refractivity contribution is 6.31. The first-order valence-electron chi connectivity index (χ1n) is 6.91. The molecule has 0 fully saturated rings. The largest absolute Gasteiger partial charge is 0.495 e. The summed E-state index contributed by atoms with van der Waals surface area (Å²) in [5.74, 6) is -0.578. The van der Waals surface area contributed by atoms with Gasteiger partial charge in [0.1, 0.15) is 5.75 Å². The predicted octanol–water partition coefficient (Wildman–Crippen LogP) is 3.53. The molecule has 1 N–H and O–H groups in total. The van der Waals surface area contributed by atoms with E-state index in [0.717, 1.165) is 0 Å². The first-order valence-corrected chi connectivity index (χ1v) is 7.29. The summed E-state index contributed by atoms with van der Waals surface area (Å²) in [6.45, 7) is 1.49. The molecule has 0 aromatic heterocycles. The summed E-state index contributed by atoms with van der Waals surface area (Å²) >= 11 is 5.91. The number of halogens is 1. The number of anilines is 1. The summed E-state index contributed by atoms with van der Waals surface area (Å²) in [5, 5.41) is 3.09. The van der Waals surface area contributed by atoms with Crippen molar-refractivity contribution in [2.24, 2.45) is 0 Å². The first-order chi connectivity index (χ1) is 11.0. The van der Waals surface area contributed by atoms with E-state index in [1.807, 2.05) is 0 Å². The van der Waals surface area contributed by atoms with Crippen molar-refractivity contribution >= 4 is 29.2 Å². The molecule has 1 atom stereocenters. The number of carbonyl (C=O) groups excluding carboxylic acids is 2. The summed E-state index contributed by atoms with van der Waals surface area (Å²) in [5.41, 5.74) is 0.792. The molecule has 0 heterocycles. The quantitative estimate of drug-likeness (QED) is 0.850. The van der Waals surface area contributed by atoms with E-state index in [0.29, 0.717) is 22.0 Å². The Morgan fingerprint density at radius 3 is 2.48 bits per heavy atom. The molecule has 0 bridgehead atoms. The summed E-state index contributed by atoms with van der Waals surface area (Å²) < 4.78 is 10.3. The number of hydrogen-bond donors (Lipinski definition) is 1. The van der Waals surface area contributed by atoms with Crippen LogP contribution in [0.2, 0.25) is 5.02 Å². The molecule has 1 amide bonds. The van der Waals surface area contributed by atoms with Crippen LogP contribution >= 0.6 is 11.6 Å². The zero-order valence-electron chi connectivity index (χ0n) is 12.7. The molecule has 2 aromatic carbocycles. The third kappa shape index (κ3) is 4.47. The number of methoxy groups -OCH3 is 1. The van der Waals surface area contributed by atoms with Crippen LogP contribution in [0.3, 0.4) is 0 Å². The summed E-state index contributed by atoms with van der Waals surface area (Å²) in [6, 6.07) is 13.3. The van der Waals surface area contributed by atoms with Gasteiger partial charge in [-0.2, -0.15) is 0 Å². The van der Waals surface area contributed by atoms with Crippen LogP contribution in [0.4, 0.5) is 5.69 Å². The molecule has 0 aliphatic carbocycles. The normalized spacial score (nSPS) is 11.4. The molecule has 120 valence electrons. The van der Waals surface area contributed by atoms with Crippen LogP contribution in [0, 0.1) is 0 Å². The van der Waals surface area contributed by atoms with Crippen LogP contribution in [0.25, 0.3) is 0 Å². The molecular formula is C17H16ClNO4. The van der Waals surface area contributed by atoms with Gasteiger partial charge in [0, 0.05) is 5.02 Å². The molecule has 0 aliphatic rings. The van der Waals surface area contributed by atoms with Crippen LogP contribution in [0.15, 0.2) is 48.5 Å². The van der Waals surface area contributed by atoms with Crippen LogP contribution in [0.1, 0.15) is 17.3 Å². The zero-order chi connectivity index (χ0) is 16.8. The molecule has 0 saturated carbocycles. The fourth-order valence-electron chi connectivity index (χ4n) is 1.87. The van der Waals surface area contributed by atoms with Gasteiger partial charge >= 0.3 is 5.97 Å². The van der Waals surface area contributed by atoms with Gasteiger partial charge in [0.25, 0.3) is 5.91 Å². The molecule has 5 nitrogen and oxygen atoms in total. The molecule has 2 rings (SSSR count). The van der Waals surface area contributed by atoms with Crippen molar-refractivity contribution < 1.29 is 19.1 Å². The van der Waals surface area contributed by atoms with Gasteiger partial charge in [-0.3, -0.25) is 4.79 Å². The number of carbonyl (C=O) groups is 2. The second kappa shape index (κ2) is 7.65. The number of ether oxygens (including phenoxy) is 2. The molecule has 0 aliphatic heterocycles. The van der Waals surface area contributed by atoms with Gasteiger partial charge in [-0.05, 0) is 37.3 Å². The van der Waals surface area contributed by atoms with Crippen molar-refractivity contribution in [3.05, 3.63) is 59.1 Å². The minimum atomic E-state index is -0.966. The van der Waals surface area contributed by atoms with E-state index >= 15 is 0 Å². The van der Waals surface area contributed by atoms with E-state index < -0.39 is 18.0 Å². The Labute approximate surface area is 139 Å². The Morgan fingerprint density at radius 2 is 1.83 bits per heavy atom. The maximum atomic E-state index is 12.2. The molecule has 0 unspecified atom stereocenters. The second-order valence-electron chi connectivity index (χ2n) is 4.75. The minimum absolute atomic E-state index is 0.382. The zero-order valence-corrected chi connectivity index (χ0v) is 13.5. The van der Waals surface area contributed by atoms with Crippen LogP contribution in [0.5, 0.6) is 5.75 Å². The molecule has 2 aromatic rings. The molecule has 23 heavy (non-hydrogen) atoms. The van der Waals surface area contributed by atoms with E-state index in [1.165, 1.54) is 14.0 Å². The summed E-state index contributed by atoms with van der Waals surface area (Å²) in [6.07, 6.45) is -0.966. The smallest absolute Gasteiger partial charge is 0.338 e. The average Bonchev–Trinajstić information content (AvgIpc) is 2.55. The SMILES string of the molecule is COc1ccc(Cl)cc1NC(=O)[C@H](C)OC(=O)c1ccccc1. The maximum absolute atomic E-state index is 12.2. The lowest BCUT2D eigenvalue weighted by Crippen LogP contribution is -2.30. The lowest BCUT2D eigenvalue weighted by atomic mass is 10.2. The van der Waals surface area contributed by atoms with Crippen molar-refractivity contribution in [1.82, 2.24) is 0 Å². The predicted molar refractivity (Wildman–Crippen MR) is 88.0 cm³/mol. The third-order valence-corrected chi connectivity index (χ3v) is 3.32. The Morgan fingerprint density at radius 1 is 1.13 bits per heavy atom. The Kier molecular flexibility index (Phi) is 5.60. The van der Waals surface area contributed by atoms with Gasteiger partial charge in [-0.15, -0.1) is 0 Å². The van der Waals surface area contributed by atoms with E-state index in [4.69, 9.17) is 21.1 Å². The summed E-state index contributed by atoms with van der Waals surface area (Å²) in [4.78, 5) is 24.1. The van der Waals surface area contributed by atoms with Gasteiger partial charge < -0.3 is 14.8 Å². The Bertz CT molecular complexity index is 703. The monoisotopic (exact) mass is 333 g/mol. The average molecular weight is 334 g/mol. The highest BCUT2D eigenvalue weighted by Crippen LogP contribution is 2.27. The summed E-state index contributed by atoms with van der Waals surface area (Å²) in [7, 11) is 1.48. The number of amides is 1. The Hall–Kier alpha value is -2.53. The van der Waals surface area contributed by atoms with Crippen molar-refractivity contribution in [3.63, 3.8) is 0 Å². The van der Waals surface area contributed by atoms with Crippen LogP contribution < -0.4 is 10.1 Å². The van der Waals surface area contributed by atoms with E-state index in [-0.39, 0.29) is 0 Å². The van der Waals surface area contributed by atoms with Crippen molar-refractivity contribution in [2.75, 3.05) is 12.4 Å². The number of esters is 1. The maximum Gasteiger partial charge on any atom is 0.338 e. The molecule has 0 saturated heterocycles. The van der Waals surface area contributed by atoms with E-state index in [1.54, 1.807) is 48.5 Å². The van der Waals surface area contributed by atoms with Gasteiger partial charge in [-0.25, -0.2) is 4.79 Å². The van der Waals surface area contributed by atoms with Gasteiger partial charge in [0.15, 0.2) is 6.10 Å². The molecule has 0 radical (unpaired) electrons. The topological polar surface area (TPSA) is 64.6 Å². The standard InChI is InChI=1S/C17H16ClNO4/c1-11(23-17(21)12-6-4-3-5-7-12)16(20)19-14-10-13(18)8-9-15(14)22-2/h3-11H,1-2H3,(H,19,20)/t11-/m0/s1. The first kappa shape index (κ1) is 16.8. The van der Waals surface area contributed by atoms with Crippen molar-refractivity contribution in [2.45, 2.75) is 13.0 Å². The van der Waals surface area contributed by atoms with Gasteiger partial charge in [-0.1, -0.05) is 29.8 Å². The Balaban J connectivity index is 2.03. The van der Waals surface area contributed by atoms with Crippen molar-refractivity contribution in [1.29, 1.82) is 0 Å².